The van der Waals surface area contributed by atoms with Crippen LogP contribution in [0.4, 0.5) is 4.79 Å². The molecule has 7 heteroatoms. The van der Waals surface area contributed by atoms with Crippen molar-refractivity contribution in [2.75, 3.05) is 19.7 Å². The smallest absolute Gasteiger partial charge is 0.407 e. The first-order valence-electron chi connectivity index (χ1n) is 11.5. The highest BCUT2D eigenvalue weighted by molar-refractivity contribution is 5.79. The molecule has 1 aliphatic rings. The van der Waals surface area contributed by atoms with Crippen LogP contribution in [0.3, 0.4) is 0 Å². The SMILES string of the molecule is CCN(CCCCC(=O)O)C(=O)CC(C)NC(=O)OCC1c2ccccc2-c2ccccc21. The summed E-state index contributed by atoms with van der Waals surface area (Å²) in [6.45, 7) is 4.95. The highest BCUT2D eigenvalue weighted by atomic mass is 16.5. The zero-order valence-electron chi connectivity index (χ0n) is 19.3. The normalized spacial score (nSPS) is 13.0. The summed E-state index contributed by atoms with van der Waals surface area (Å²) in [5.41, 5.74) is 4.64. The zero-order valence-corrected chi connectivity index (χ0v) is 19.3. The van der Waals surface area contributed by atoms with E-state index in [1.54, 1.807) is 11.8 Å². The number of carboxylic acids is 1. The molecule has 3 rings (SSSR count). The van der Waals surface area contributed by atoms with Gasteiger partial charge in [-0.1, -0.05) is 48.5 Å². The number of ether oxygens (including phenoxy) is 1. The number of carbonyl (C=O) groups excluding carboxylic acids is 2. The van der Waals surface area contributed by atoms with Gasteiger partial charge >= 0.3 is 12.1 Å². The van der Waals surface area contributed by atoms with Gasteiger partial charge < -0.3 is 20.1 Å². The van der Waals surface area contributed by atoms with E-state index in [2.05, 4.69) is 29.6 Å². The van der Waals surface area contributed by atoms with Gasteiger partial charge in [-0.3, -0.25) is 9.59 Å². The molecular formula is C26H32N2O5. The molecule has 1 atom stereocenters. The molecule has 0 heterocycles. The number of carbonyl (C=O) groups is 3. The quantitative estimate of drug-likeness (QED) is 0.493. The molecule has 2 aromatic rings. The van der Waals surface area contributed by atoms with Crippen molar-refractivity contribution in [1.29, 1.82) is 0 Å². The Hall–Kier alpha value is -3.35. The van der Waals surface area contributed by atoms with Crippen molar-refractivity contribution in [1.82, 2.24) is 10.2 Å². The van der Waals surface area contributed by atoms with Crippen LogP contribution in [-0.2, 0) is 14.3 Å². The molecular weight excluding hydrogens is 420 g/mol. The first-order valence-corrected chi connectivity index (χ1v) is 11.5. The van der Waals surface area contributed by atoms with Crippen molar-refractivity contribution in [3.05, 3.63) is 59.7 Å². The highest BCUT2D eigenvalue weighted by Crippen LogP contribution is 2.44. The summed E-state index contributed by atoms with van der Waals surface area (Å²) >= 11 is 0. The Bertz CT molecular complexity index is 945. The second kappa shape index (κ2) is 11.5. The first-order chi connectivity index (χ1) is 15.9. The maximum atomic E-state index is 12.6. The summed E-state index contributed by atoms with van der Waals surface area (Å²) in [7, 11) is 0. The van der Waals surface area contributed by atoms with Crippen LogP contribution in [0.25, 0.3) is 11.1 Å². The maximum Gasteiger partial charge on any atom is 0.407 e. The maximum absolute atomic E-state index is 12.6. The molecule has 0 saturated carbocycles. The molecule has 0 aliphatic heterocycles. The van der Waals surface area contributed by atoms with E-state index < -0.39 is 12.1 Å². The Labute approximate surface area is 194 Å². The molecule has 0 aromatic heterocycles. The lowest BCUT2D eigenvalue weighted by Gasteiger charge is -2.23. The molecule has 0 fully saturated rings. The molecule has 0 saturated heterocycles. The van der Waals surface area contributed by atoms with Gasteiger partial charge in [0.15, 0.2) is 0 Å². The van der Waals surface area contributed by atoms with Crippen LogP contribution in [0.1, 0.15) is 56.6 Å². The number of carboxylic acid groups (broad SMARTS) is 1. The molecule has 2 N–H and O–H groups in total. The van der Waals surface area contributed by atoms with Crippen molar-refractivity contribution in [3.8, 4) is 11.1 Å². The third kappa shape index (κ3) is 6.34. The van der Waals surface area contributed by atoms with Crippen molar-refractivity contribution in [2.24, 2.45) is 0 Å². The summed E-state index contributed by atoms with van der Waals surface area (Å²) < 4.78 is 5.55. The molecule has 176 valence electrons. The minimum absolute atomic E-state index is 0.0125. The number of hydrogen-bond acceptors (Lipinski definition) is 4. The minimum Gasteiger partial charge on any atom is -0.481 e. The van der Waals surface area contributed by atoms with Gasteiger partial charge in [-0.2, -0.15) is 0 Å². The fourth-order valence-electron chi connectivity index (χ4n) is 4.32. The monoisotopic (exact) mass is 452 g/mol. The Morgan fingerprint density at radius 3 is 2.21 bits per heavy atom. The van der Waals surface area contributed by atoms with E-state index in [1.165, 1.54) is 11.1 Å². The molecule has 2 aromatic carbocycles. The summed E-state index contributed by atoms with van der Waals surface area (Å²) in [5.74, 6) is -0.911. The van der Waals surface area contributed by atoms with E-state index in [4.69, 9.17) is 9.84 Å². The van der Waals surface area contributed by atoms with E-state index in [1.807, 2.05) is 31.2 Å². The lowest BCUT2D eigenvalue weighted by molar-refractivity contribution is -0.137. The predicted octanol–water partition coefficient (Wildman–Crippen LogP) is 4.41. The van der Waals surface area contributed by atoms with Gasteiger partial charge in [0.2, 0.25) is 5.91 Å². The van der Waals surface area contributed by atoms with Crippen molar-refractivity contribution in [2.45, 2.75) is 51.5 Å². The zero-order chi connectivity index (χ0) is 23.8. The van der Waals surface area contributed by atoms with Crippen LogP contribution in [0.2, 0.25) is 0 Å². The van der Waals surface area contributed by atoms with Gasteiger partial charge in [0.05, 0.1) is 0 Å². The van der Waals surface area contributed by atoms with Crippen LogP contribution in [0.15, 0.2) is 48.5 Å². The van der Waals surface area contributed by atoms with Gasteiger partial charge in [0, 0.05) is 37.9 Å². The molecule has 33 heavy (non-hydrogen) atoms. The average molecular weight is 453 g/mol. The highest BCUT2D eigenvalue weighted by Gasteiger charge is 2.29. The van der Waals surface area contributed by atoms with E-state index in [9.17, 15) is 14.4 Å². The number of benzene rings is 2. The summed E-state index contributed by atoms with van der Waals surface area (Å²) in [4.78, 5) is 37.3. The summed E-state index contributed by atoms with van der Waals surface area (Å²) in [5, 5.41) is 11.5. The van der Waals surface area contributed by atoms with Crippen LogP contribution in [0, 0.1) is 0 Å². The largest absolute Gasteiger partial charge is 0.481 e. The van der Waals surface area contributed by atoms with E-state index in [0.29, 0.717) is 25.9 Å². The fraction of sp³-hybridized carbons (Fsp3) is 0.423. The summed E-state index contributed by atoms with van der Waals surface area (Å²) in [6, 6.07) is 15.9. The first kappa shape index (κ1) is 24.3. The molecule has 0 bridgehead atoms. The number of amides is 2. The molecule has 7 nitrogen and oxygen atoms in total. The molecule has 1 unspecified atom stereocenters. The Morgan fingerprint density at radius 2 is 1.64 bits per heavy atom. The van der Waals surface area contributed by atoms with E-state index >= 15 is 0 Å². The van der Waals surface area contributed by atoms with Gasteiger partial charge in [-0.25, -0.2) is 4.79 Å². The Kier molecular flexibility index (Phi) is 8.46. The number of unbranched alkanes of at least 4 members (excludes halogenated alkanes) is 1. The molecule has 2 amide bonds. The lowest BCUT2D eigenvalue weighted by Crippen LogP contribution is -2.40. The van der Waals surface area contributed by atoms with E-state index in [0.717, 1.165) is 11.1 Å². The second-order valence-corrected chi connectivity index (χ2v) is 8.40. The van der Waals surface area contributed by atoms with Gasteiger partial charge in [-0.15, -0.1) is 0 Å². The number of aliphatic carboxylic acids is 1. The van der Waals surface area contributed by atoms with Crippen LogP contribution < -0.4 is 5.32 Å². The number of hydrogen-bond donors (Lipinski definition) is 2. The number of nitrogens with one attached hydrogen (secondary N) is 1. The van der Waals surface area contributed by atoms with Crippen molar-refractivity contribution < 1.29 is 24.2 Å². The third-order valence-electron chi connectivity index (χ3n) is 5.99. The molecule has 1 aliphatic carbocycles. The second-order valence-electron chi connectivity index (χ2n) is 8.40. The number of rotatable bonds is 11. The van der Waals surface area contributed by atoms with Gasteiger partial charge in [-0.05, 0) is 48.9 Å². The van der Waals surface area contributed by atoms with Gasteiger partial charge in [0.1, 0.15) is 6.61 Å². The Balaban J connectivity index is 1.48. The molecule has 0 radical (unpaired) electrons. The summed E-state index contributed by atoms with van der Waals surface area (Å²) in [6.07, 6.45) is 0.900. The predicted molar refractivity (Wildman–Crippen MR) is 126 cm³/mol. The number of nitrogens with zero attached hydrogens (tertiary/aromatic N) is 1. The topological polar surface area (TPSA) is 95.9 Å². The number of fused-ring (bicyclic) bond motifs is 3. The van der Waals surface area contributed by atoms with Crippen molar-refractivity contribution in [3.63, 3.8) is 0 Å². The Morgan fingerprint density at radius 1 is 1.03 bits per heavy atom. The van der Waals surface area contributed by atoms with Crippen LogP contribution in [-0.4, -0.2) is 53.7 Å². The standard InChI is InChI=1S/C26H32N2O5/c1-3-28(15-9-8-14-25(30)31)24(29)16-18(2)27-26(32)33-17-23-21-12-6-4-10-19(21)20-11-5-7-13-22(20)23/h4-7,10-13,18,23H,3,8-9,14-17H2,1-2H3,(H,27,32)(H,30,31). The van der Waals surface area contributed by atoms with Crippen LogP contribution >= 0.6 is 0 Å². The lowest BCUT2D eigenvalue weighted by atomic mass is 9.98. The molecule has 0 spiro atoms. The third-order valence-corrected chi connectivity index (χ3v) is 5.99. The van der Waals surface area contributed by atoms with Gasteiger partial charge in [0.25, 0.3) is 0 Å². The minimum atomic E-state index is -0.828. The van der Waals surface area contributed by atoms with E-state index in [-0.39, 0.29) is 37.3 Å². The number of alkyl carbamates (subject to hydrolysis) is 1. The van der Waals surface area contributed by atoms with Crippen molar-refractivity contribution >= 4 is 18.0 Å². The van der Waals surface area contributed by atoms with Crippen LogP contribution in [0.5, 0.6) is 0 Å². The average Bonchev–Trinajstić information content (AvgIpc) is 3.11. The fourth-order valence-corrected chi connectivity index (χ4v) is 4.32.